The first kappa shape index (κ1) is 8.55. The van der Waals surface area contributed by atoms with E-state index in [1.165, 1.54) is 45.3 Å². The molecule has 0 aromatic carbocycles. The zero-order chi connectivity index (χ0) is 8.60. The van der Waals surface area contributed by atoms with Crippen LogP contribution in [-0.4, -0.2) is 24.5 Å². The molecule has 1 aliphatic carbocycles. The molecule has 2 aliphatic rings. The molecule has 70 valence electrons. The molecule has 1 heterocycles. The van der Waals surface area contributed by atoms with Crippen LogP contribution in [0.25, 0.3) is 0 Å². The number of hydrogen-bond donors (Lipinski definition) is 0. The number of likely N-dealkylation sites (tertiary alicyclic amines) is 1. The third-order valence-electron chi connectivity index (χ3n) is 3.42. The molecule has 0 aromatic rings. The van der Waals surface area contributed by atoms with E-state index >= 15 is 0 Å². The van der Waals surface area contributed by atoms with Gasteiger partial charge in [-0.25, -0.2) is 0 Å². The normalized spacial score (nSPS) is 30.5. The Hall–Kier alpha value is -0.0400. The van der Waals surface area contributed by atoms with Gasteiger partial charge in [0.05, 0.1) is 0 Å². The van der Waals surface area contributed by atoms with E-state index in [4.69, 9.17) is 0 Å². The smallest absolute Gasteiger partial charge is 0.000967 e. The van der Waals surface area contributed by atoms with Gasteiger partial charge in [-0.2, -0.15) is 0 Å². The summed E-state index contributed by atoms with van der Waals surface area (Å²) >= 11 is 0. The summed E-state index contributed by atoms with van der Waals surface area (Å²) < 4.78 is 0. The molecular weight excluding hydrogens is 146 g/mol. The average Bonchev–Trinajstić information content (AvgIpc) is 2.77. The van der Waals surface area contributed by atoms with Gasteiger partial charge in [-0.1, -0.05) is 13.8 Å². The van der Waals surface area contributed by atoms with Crippen LogP contribution in [0.2, 0.25) is 0 Å². The number of rotatable bonds is 2. The van der Waals surface area contributed by atoms with Crippen LogP contribution in [0.3, 0.4) is 0 Å². The first-order valence-electron chi connectivity index (χ1n) is 5.38. The molecule has 0 aromatic heterocycles. The van der Waals surface area contributed by atoms with E-state index < -0.39 is 0 Å². The van der Waals surface area contributed by atoms with Crippen molar-refractivity contribution >= 4 is 0 Å². The lowest BCUT2D eigenvalue weighted by molar-refractivity contribution is 0.128. The minimum absolute atomic E-state index is 0.625. The van der Waals surface area contributed by atoms with Crippen molar-refractivity contribution < 1.29 is 0 Å². The van der Waals surface area contributed by atoms with Crippen molar-refractivity contribution in [3.63, 3.8) is 0 Å². The molecule has 0 amide bonds. The molecule has 2 fully saturated rings. The highest BCUT2D eigenvalue weighted by atomic mass is 15.1. The predicted octanol–water partition coefficient (Wildman–Crippen LogP) is 2.52. The van der Waals surface area contributed by atoms with Crippen LogP contribution in [0.5, 0.6) is 0 Å². The van der Waals surface area contributed by atoms with E-state index in [1.54, 1.807) is 0 Å². The maximum Gasteiger partial charge on any atom is 0.000967 e. The van der Waals surface area contributed by atoms with Crippen molar-refractivity contribution in [1.82, 2.24) is 4.90 Å². The molecule has 1 saturated carbocycles. The van der Waals surface area contributed by atoms with Crippen LogP contribution in [0.4, 0.5) is 0 Å². The summed E-state index contributed by atoms with van der Waals surface area (Å²) in [5.74, 6) is 1.08. The lowest BCUT2D eigenvalue weighted by Gasteiger charge is -2.36. The minimum atomic E-state index is 0.625. The fourth-order valence-electron chi connectivity index (χ4n) is 2.01. The van der Waals surface area contributed by atoms with E-state index in [9.17, 15) is 0 Å². The van der Waals surface area contributed by atoms with Gasteiger partial charge in [-0.3, -0.25) is 0 Å². The Balaban J connectivity index is 1.73. The summed E-state index contributed by atoms with van der Waals surface area (Å²) in [5, 5.41) is 0. The molecule has 1 aliphatic heterocycles. The molecule has 0 unspecified atom stereocenters. The van der Waals surface area contributed by atoms with Gasteiger partial charge in [0.25, 0.3) is 0 Å². The van der Waals surface area contributed by atoms with Gasteiger partial charge in [-0.15, -0.1) is 0 Å². The second kappa shape index (κ2) is 3.02. The van der Waals surface area contributed by atoms with Gasteiger partial charge in [0.2, 0.25) is 0 Å². The van der Waals surface area contributed by atoms with Crippen LogP contribution >= 0.6 is 0 Å². The standard InChI is InChI=1S/C11H21N/c1-11(2)5-7-12(8-6-11)9-10-3-4-10/h10H,3-9H2,1-2H3. The summed E-state index contributed by atoms with van der Waals surface area (Å²) in [6, 6.07) is 0. The summed E-state index contributed by atoms with van der Waals surface area (Å²) in [4.78, 5) is 2.67. The van der Waals surface area contributed by atoms with Gasteiger partial charge in [0, 0.05) is 6.54 Å². The van der Waals surface area contributed by atoms with E-state index in [0.717, 1.165) is 5.92 Å². The highest BCUT2D eigenvalue weighted by molar-refractivity contribution is 4.83. The second-order valence-corrected chi connectivity index (χ2v) is 5.41. The van der Waals surface area contributed by atoms with Crippen molar-refractivity contribution in [2.24, 2.45) is 11.3 Å². The molecule has 0 bridgehead atoms. The molecule has 0 radical (unpaired) electrons. The molecule has 1 saturated heterocycles. The number of piperidine rings is 1. The van der Waals surface area contributed by atoms with Crippen molar-refractivity contribution in [1.29, 1.82) is 0 Å². The van der Waals surface area contributed by atoms with E-state index in [2.05, 4.69) is 18.7 Å². The van der Waals surface area contributed by atoms with E-state index in [-0.39, 0.29) is 0 Å². The van der Waals surface area contributed by atoms with Gasteiger partial charge in [0.1, 0.15) is 0 Å². The van der Waals surface area contributed by atoms with Gasteiger partial charge < -0.3 is 4.90 Å². The quantitative estimate of drug-likeness (QED) is 0.611. The van der Waals surface area contributed by atoms with Crippen molar-refractivity contribution in [2.75, 3.05) is 19.6 Å². The highest BCUT2D eigenvalue weighted by Crippen LogP contribution is 2.34. The van der Waals surface area contributed by atoms with Crippen molar-refractivity contribution in [3.05, 3.63) is 0 Å². The summed E-state index contributed by atoms with van der Waals surface area (Å²) in [6.07, 6.45) is 5.80. The maximum atomic E-state index is 2.67. The lowest BCUT2D eigenvalue weighted by Crippen LogP contribution is -2.38. The monoisotopic (exact) mass is 167 g/mol. The van der Waals surface area contributed by atoms with Crippen LogP contribution < -0.4 is 0 Å². The average molecular weight is 167 g/mol. The largest absolute Gasteiger partial charge is 0.303 e. The van der Waals surface area contributed by atoms with Crippen molar-refractivity contribution in [3.8, 4) is 0 Å². The third-order valence-corrected chi connectivity index (χ3v) is 3.42. The Morgan fingerprint density at radius 2 is 1.75 bits per heavy atom. The Labute approximate surface area is 76.1 Å². The topological polar surface area (TPSA) is 3.24 Å². The van der Waals surface area contributed by atoms with Crippen LogP contribution in [-0.2, 0) is 0 Å². The molecular formula is C11H21N. The molecule has 1 heteroatoms. The SMILES string of the molecule is CC1(C)CCN(CC2CC2)CC1. The first-order chi connectivity index (χ1) is 5.66. The highest BCUT2D eigenvalue weighted by Gasteiger charge is 2.29. The number of hydrogen-bond acceptors (Lipinski definition) is 1. The predicted molar refractivity (Wildman–Crippen MR) is 52.2 cm³/mol. The third kappa shape index (κ3) is 2.22. The van der Waals surface area contributed by atoms with Gasteiger partial charge in [0.15, 0.2) is 0 Å². The maximum absolute atomic E-state index is 2.67. The Bertz CT molecular complexity index is 148. The molecule has 0 atom stereocenters. The van der Waals surface area contributed by atoms with Crippen molar-refractivity contribution in [2.45, 2.75) is 39.5 Å². The van der Waals surface area contributed by atoms with E-state index in [1.807, 2.05) is 0 Å². The minimum Gasteiger partial charge on any atom is -0.303 e. The van der Waals surface area contributed by atoms with Gasteiger partial charge >= 0.3 is 0 Å². The zero-order valence-corrected chi connectivity index (χ0v) is 8.47. The molecule has 12 heavy (non-hydrogen) atoms. The molecule has 0 spiro atoms. The Morgan fingerprint density at radius 1 is 1.17 bits per heavy atom. The fourth-order valence-corrected chi connectivity index (χ4v) is 2.01. The van der Waals surface area contributed by atoms with Crippen LogP contribution in [0.1, 0.15) is 39.5 Å². The van der Waals surface area contributed by atoms with Crippen LogP contribution in [0.15, 0.2) is 0 Å². The second-order valence-electron chi connectivity index (χ2n) is 5.41. The van der Waals surface area contributed by atoms with Gasteiger partial charge in [-0.05, 0) is 50.1 Å². The Morgan fingerprint density at radius 3 is 2.25 bits per heavy atom. The molecule has 0 N–H and O–H groups in total. The summed E-state index contributed by atoms with van der Waals surface area (Å²) in [5.41, 5.74) is 0.625. The lowest BCUT2D eigenvalue weighted by atomic mass is 9.82. The first-order valence-corrected chi connectivity index (χ1v) is 5.38. The Kier molecular flexibility index (Phi) is 2.16. The molecule has 2 rings (SSSR count). The van der Waals surface area contributed by atoms with Crippen LogP contribution in [0, 0.1) is 11.3 Å². The van der Waals surface area contributed by atoms with E-state index in [0.29, 0.717) is 5.41 Å². The fraction of sp³-hybridized carbons (Fsp3) is 1.00. The summed E-state index contributed by atoms with van der Waals surface area (Å²) in [7, 11) is 0. The number of nitrogens with zero attached hydrogens (tertiary/aromatic N) is 1. The summed E-state index contributed by atoms with van der Waals surface area (Å²) in [6.45, 7) is 8.91. The zero-order valence-electron chi connectivity index (χ0n) is 8.47. The molecule has 1 nitrogen and oxygen atoms in total.